The number of hydrogen-bond acceptors (Lipinski definition) is 3. The van der Waals surface area contributed by atoms with Crippen molar-refractivity contribution >= 4 is 5.69 Å². The molecule has 1 aromatic rings. The van der Waals surface area contributed by atoms with Crippen LogP contribution < -0.4 is 10.2 Å². The van der Waals surface area contributed by atoms with E-state index < -0.39 is 5.60 Å². The van der Waals surface area contributed by atoms with E-state index in [9.17, 15) is 5.11 Å². The van der Waals surface area contributed by atoms with Crippen LogP contribution in [-0.2, 0) is 6.42 Å². The molecule has 19 heavy (non-hydrogen) atoms. The van der Waals surface area contributed by atoms with Gasteiger partial charge in [0.1, 0.15) is 0 Å². The lowest BCUT2D eigenvalue weighted by Gasteiger charge is -2.32. The number of anilines is 1. The molecule has 1 aliphatic heterocycles. The lowest BCUT2D eigenvalue weighted by atomic mass is 10.0. The Hall–Kier alpha value is -1.06. The van der Waals surface area contributed by atoms with Gasteiger partial charge in [0.2, 0.25) is 0 Å². The molecule has 2 rings (SSSR count). The average molecular weight is 262 g/mol. The number of benzene rings is 1. The van der Waals surface area contributed by atoms with E-state index in [1.54, 1.807) is 0 Å². The molecule has 0 spiro atoms. The molecule has 0 aliphatic carbocycles. The van der Waals surface area contributed by atoms with Gasteiger partial charge in [-0.1, -0.05) is 25.1 Å². The molecule has 0 amide bonds. The summed E-state index contributed by atoms with van der Waals surface area (Å²) in [7, 11) is 0. The molecule has 2 unspecified atom stereocenters. The van der Waals surface area contributed by atoms with Gasteiger partial charge < -0.3 is 15.3 Å². The van der Waals surface area contributed by atoms with Crippen LogP contribution in [0, 0.1) is 6.92 Å². The van der Waals surface area contributed by atoms with Crippen molar-refractivity contribution in [3.8, 4) is 0 Å². The Morgan fingerprint density at radius 3 is 2.89 bits per heavy atom. The van der Waals surface area contributed by atoms with E-state index in [1.165, 1.54) is 16.8 Å². The van der Waals surface area contributed by atoms with Gasteiger partial charge in [-0.2, -0.15) is 0 Å². The summed E-state index contributed by atoms with van der Waals surface area (Å²) in [5.41, 5.74) is 3.29. The Balaban J connectivity index is 2.38. The van der Waals surface area contributed by atoms with Crippen LogP contribution in [0.2, 0.25) is 0 Å². The highest BCUT2D eigenvalue weighted by atomic mass is 16.3. The molecule has 0 aromatic heterocycles. The minimum absolute atomic E-state index is 0.387. The van der Waals surface area contributed by atoms with Gasteiger partial charge in [0.25, 0.3) is 0 Å². The lowest BCUT2D eigenvalue weighted by molar-refractivity contribution is 0.0717. The quantitative estimate of drug-likeness (QED) is 0.857. The molecule has 0 bridgehead atoms. The molecule has 0 saturated carbocycles. The van der Waals surface area contributed by atoms with Crippen molar-refractivity contribution in [3.05, 3.63) is 29.3 Å². The highest BCUT2D eigenvalue weighted by molar-refractivity contribution is 5.60. The third-order valence-corrected chi connectivity index (χ3v) is 3.88. The third-order valence-electron chi connectivity index (χ3n) is 3.88. The summed E-state index contributed by atoms with van der Waals surface area (Å²) in [6, 6.07) is 6.86. The largest absolute Gasteiger partial charge is 0.387 e. The standard InChI is InChI=1S/C16H26N2O/c1-5-14-8-6-7-12(2)15(14)18-9-13(3)17-10-16(4,19)11-18/h6-8,13,17,19H,5,9-11H2,1-4H3. The minimum atomic E-state index is -0.682. The van der Waals surface area contributed by atoms with Crippen LogP contribution in [0.15, 0.2) is 18.2 Å². The SMILES string of the molecule is CCc1cccc(C)c1N1CC(C)NCC(C)(O)C1. The fourth-order valence-electron chi connectivity index (χ4n) is 2.95. The molecule has 1 heterocycles. The molecular weight excluding hydrogens is 236 g/mol. The Morgan fingerprint density at radius 1 is 1.47 bits per heavy atom. The monoisotopic (exact) mass is 262 g/mol. The van der Waals surface area contributed by atoms with Crippen molar-refractivity contribution in [1.82, 2.24) is 5.32 Å². The van der Waals surface area contributed by atoms with Gasteiger partial charge in [0.15, 0.2) is 0 Å². The van der Waals surface area contributed by atoms with Gasteiger partial charge in [-0.05, 0) is 38.3 Å². The zero-order chi connectivity index (χ0) is 14.0. The summed E-state index contributed by atoms with van der Waals surface area (Å²) in [6.07, 6.45) is 1.03. The zero-order valence-corrected chi connectivity index (χ0v) is 12.5. The Morgan fingerprint density at radius 2 is 2.21 bits per heavy atom. The Bertz CT molecular complexity index is 442. The van der Waals surface area contributed by atoms with Crippen LogP contribution in [0.5, 0.6) is 0 Å². The number of hydrogen-bond donors (Lipinski definition) is 2. The third kappa shape index (κ3) is 3.28. The first-order chi connectivity index (χ1) is 8.93. The molecule has 1 aromatic carbocycles. The Kier molecular flexibility index (Phi) is 4.16. The topological polar surface area (TPSA) is 35.5 Å². The number of para-hydroxylation sites is 1. The van der Waals surface area contributed by atoms with E-state index in [0.29, 0.717) is 19.1 Å². The average Bonchev–Trinajstić information content (AvgIpc) is 2.47. The summed E-state index contributed by atoms with van der Waals surface area (Å²) < 4.78 is 0. The number of nitrogens with one attached hydrogen (secondary N) is 1. The maximum Gasteiger partial charge on any atom is 0.0917 e. The predicted molar refractivity (Wildman–Crippen MR) is 80.9 cm³/mol. The van der Waals surface area contributed by atoms with E-state index in [0.717, 1.165) is 13.0 Å². The van der Waals surface area contributed by atoms with Gasteiger partial charge in [-0.3, -0.25) is 0 Å². The number of nitrogens with zero attached hydrogens (tertiary/aromatic N) is 1. The van der Waals surface area contributed by atoms with E-state index in [1.807, 2.05) is 6.92 Å². The number of β-amino-alcohol motifs (C(OH)–C–C–N with tert-alkyl or cyclic N) is 1. The highest BCUT2D eigenvalue weighted by Gasteiger charge is 2.30. The predicted octanol–water partition coefficient (Wildman–Crippen LogP) is 2.11. The second kappa shape index (κ2) is 5.51. The molecule has 1 saturated heterocycles. The molecule has 3 nitrogen and oxygen atoms in total. The first-order valence-electron chi connectivity index (χ1n) is 7.22. The van der Waals surface area contributed by atoms with Crippen molar-refractivity contribution in [2.45, 2.75) is 45.8 Å². The van der Waals surface area contributed by atoms with Crippen LogP contribution in [0.4, 0.5) is 5.69 Å². The molecule has 2 atom stereocenters. The van der Waals surface area contributed by atoms with Gasteiger partial charge in [-0.15, -0.1) is 0 Å². The van der Waals surface area contributed by atoms with Crippen molar-refractivity contribution in [2.75, 3.05) is 24.5 Å². The van der Waals surface area contributed by atoms with Gasteiger partial charge >= 0.3 is 0 Å². The number of aliphatic hydroxyl groups is 1. The smallest absolute Gasteiger partial charge is 0.0917 e. The van der Waals surface area contributed by atoms with Gasteiger partial charge in [0.05, 0.1) is 5.60 Å². The molecule has 2 N–H and O–H groups in total. The van der Waals surface area contributed by atoms with Crippen LogP contribution in [-0.4, -0.2) is 36.4 Å². The highest BCUT2D eigenvalue weighted by Crippen LogP contribution is 2.28. The number of aryl methyl sites for hydroxylation is 2. The van der Waals surface area contributed by atoms with E-state index in [2.05, 4.69) is 49.2 Å². The van der Waals surface area contributed by atoms with Crippen molar-refractivity contribution in [1.29, 1.82) is 0 Å². The first-order valence-corrected chi connectivity index (χ1v) is 7.22. The zero-order valence-electron chi connectivity index (χ0n) is 12.5. The molecule has 3 heteroatoms. The maximum absolute atomic E-state index is 10.5. The van der Waals surface area contributed by atoms with Crippen molar-refractivity contribution < 1.29 is 5.11 Å². The van der Waals surface area contributed by atoms with Crippen LogP contribution in [0.3, 0.4) is 0 Å². The fraction of sp³-hybridized carbons (Fsp3) is 0.625. The summed E-state index contributed by atoms with van der Waals surface area (Å²) >= 11 is 0. The number of rotatable bonds is 2. The normalized spacial score (nSPS) is 28.3. The molecule has 1 fully saturated rings. The maximum atomic E-state index is 10.5. The van der Waals surface area contributed by atoms with E-state index >= 15 is 0 Å². The van der Waals surface area contributed by atoms with Crippen LogP contribution in [0.25, 0.3) is 0 Å². The fourth-order valence-corrected chi connectivity index (χ4v) is 2.95. The molecule has 106 valence electrons. The minimum Gasteiger partial charge on any atom is -0.387 e. The Labute approximate surface area is 116 Å². The van der Waals surface area contributed by atoms with Gasteiger partial charge in [-0.25, -0.2) is 0 Å². The van der Waals surface area contributed by atoms with Gasteiger partial charge in [0, 0.05) is 31.4 Å². The van der Waals surface area contributed by atoms with Crippen LogP contribution >= 0.6 is 0 Å². The van der Waals surface area contributed by atoms with E-state index in [-0.39, 0.29) is 0 Å². The first kappa shape index (κ1) is 14.4. The summed E-state index contributed by atoms with van der Waals surface area (Å²) in [4.78, 5) is 2.35. The summed E-state index contributed by atoms with van der Waals surface area (Å²) in [5.74, 6) is 0. The van der Waals surface area contributed by atoms with Crippen LogP contribution in [0.1, 0.15) is 31.9 Å². The van der Waals surface area contributed by atoms with E-state index in [4.69, 9.17) is 0 Å². The molecule has 1 aliphatic rings. The summed E-state index contributed by atoms with van der Waals surface area (Å²) in [5, 5.41) is 13.9. The molecular formula is C16H26N2O. The second-order valence-corrected chi connectivity index (χ2v) is 6.10. The molecule has 0 radical (unpaired) electrons. The van der Waals surface area contributed by atoms with Crippen molar-refractivity contribution in [2.24, 2.45) is 0 Å². The summed E-state index contributed by atoms with van der Waals surface area (Å²) in [6.45, 7) is 10.7. The second-order valence-electron chi connectivity index (χ2n) is 6.10. The van der Waals surface area contributed by atoms with Crippen molar-refractivity contribution in [3.63, 3.8) is 0 Å². The lowest BCUT2D eigenvalue weighted by Crippen LogP contribution is -2.43.